The largest absolute Gasteiger partial charge is 0.300 e. The van der Waals surface area contributed by atoms with Crippen molar-refractivity contribution in [2.45, 2.75) is 6.42 Å². The Hall–Kier alpha value is -3.40. The minimum Gasteiger partial charge on any atom is -0.280 e. The van der Waals surface area contributed by atoms with Crippen molar-refractivity contribution < 1.29 is 14.0 Å². The smallest absolute Gasteiger partial charge is 0.280 e. The molecule has 10 heteroatoms. The number of carbonyl (C=O) groups is 2. The van der Waals surface area contributed by atoms with Crippen LogP contribution >= 0.6 is 11.3 Å². The van der Waals surface area contributed by atoms with Crippen molar-refractivity contribution in [2.75, 3.05) is 19.6 Å². The average Bonchev–Trinajstić information content (AvgIpc) is 3.47. The number of aliphatic imine (C=N–C) groups is 1. The number of hydrogen-bond donors (Lipinski definition) is 0. The highest BCUT2D eigenvalue weighted by Crippen LogP contribution is 2.26. The van der Waals surface area contributed by atoms with E-state index >= 15 is 0 Å². The SMILES string of the molecule is O=C1CCN(C(=O)c2nc(-c3cccs3)n(-c3cccc(F)c3)n2)C2=NCCN12. The molecule has 3 aromatic rings. The van der Waals surface area contributed by atoms with Gasteiger partial charge >= 0.3 is 0 Å². The maximum Gasteiger partial charge on any atom is 0.300 e. The van der Waals surface area contributed by atoms with Gasteiger partial charge in [0.25, 0.3) is 5.91 Å². The fourth-order valence-electron chi connectivity index (χ4n) is 3.41. The molecule has 29 heavy (non-hydrogen) atoms. The van der Waals surface area contributed by atoms with Gasteiger partial charge in [-0.15, -0.1) is 16.4 Å². The lowest BCUT2D eigenvalue weighted by molar-refractivity contribution is -0.128. The number of nitrogens with zero attached hydrogens (tertiary/aromatic N) is 6. The Morgan fingerprint density at radius 2 is 2.07 bits per heavy atom. The summed E-state index contributed by atoms with van der Waals surface area (Å²) in [7, 11) is 0. The van der Waals surface area contributed by atoms with E-state index < -0.39 is 11.7 Å². The number of amides is 2. The normalized spacial score (nSPS) is 16.2. The van der Waals surface area contributed by atoms with E-state index in [0.717, 1.165) is 4.88 Å². The summed E-state index contributed by atoms with van der Waals surface area (Å²) in [5, 5.41) is 6.27. The molecule has 0 spiro atoms. The molecule has 0 unspecified atom stereocenters. The molecule has 1 saturated heterocycles. The molecule has 0 saturated carbocycles. The van der Waals surface area contributed by atoms with Gasteiger partial charge in [0, 0.05) is 19.5 Å². The highest BCUT2D eigenvalue weighted by atomic mass is 32.1. The zero-order chi connectivity index (χ0) is 20.0. The number of aromatic nitrogens is 3. The summed E-state index contributed by atoms with van der Waals surface area (Å²) >= 11 is 1.45. The van der Waals surface area contributed by atoms with Gasteiger partial charge in [-0.05, 0) is 29.6 Å². The number of hydrogen-bond acceptors (Lipinski definition) is 6. The molecular formula is C19H15FN6O2S. The van der Waals surface area contributed by atoms with Crippen LogP contribution in [0.4, 0.5) is 4.39 Å². The summed E-state index contributed by atoms with van der Waals surface area (Å²) in [5.74, 6) is -0.104. The zero-order valence-corrected chi connectivity index (χ0v) is 16.0. The van der Waals surface area contributed by atoms with Gasteiger partial charge in [0.1, 0.15) is 5.82 Å². The van der Waals surface area contributed by atoms with Crippen LogP contribution in [-0.4, -0.2) is 62.0 Å². The van der Waals surface area contributed by atoms with Gasteiger partial charge in [-0.25, -0.2) is 14.1 Å². The zero-order valence-electron chi connectivity index (χ0n) is 15.2. The average molecular weight is 410 g/mol. The summed E-state index contributed by atoms with van der Waals surface area (Å²) in [6.45, 7) is 1.18. The summed E-state index contributed by atoms with van der Waals surface area (Å²) in [5.41, 5.74) is 0.466. The minimum atomic E-state index is -0.434. The van der Waals surface area contributed by atoms with Gasteiger partial charge in [-0.2, -0.15) is 0 Å². The van der Waals surface area contributed by atoms with Crippen LogP contribution < -0.4 is 0 Å². The van der Waals surface area contributed by atoms with Crippen molar-refractivity contribution in [1.29, 1.82) is 0 Å². The van der Waals surface area contributed by atoms with E-state index in [1.54, 1.807) is 12.1 Å². The van der Waals surface area contributed by atoms with Crippen LogP contribution in [0.5, 0.6) is 0 Å². The maximum atomic E-state index is 13.8. The Kier molecular flexibility index (Phi) is 4.20. The highest BCUT2D eigenvalue weighted by Gasteiger charge is 2.38. The van der Waals surface area contributed by atoms with Crippen LogP contribution in [0, 0.1) is 5.82 Å². The molecule has 0 N–H and O–H groups in total. The standard InChI is InChI=1S/C19H15FN6O2S/c20-12-3-1-4-13(11-12)26-17(14-5-2-10-29-14)22-16(23-26)18(28)25-8-6-15(27)24-9-7-21-19(24)25/h1-5,10-11H,6-9H2. The molecule has 2 aliphatic heterocycles. The minimum absolute atomic E-state index is 0.0263. The van der Waals surface area contributed by atoms with Gasteiger partial charge < -0.3 is 0 Å². The van der Waals surface area contributed by atoms with Crippen LogP contribution in [0.15, 0.2) is 46.8 Å². The highest BCUT2D eigenvalue weighted by molar-refractivity contribution is 7.13. The molecule has 2 aliphatic rings. The van der Waals surface area contributed by atoms with E-state index in [9.17, 15) is 14.0 Å². The molecule has 5 rings (SSSR count). The van der Waals surface area contributed by atoms with E-state index in [1.807, 2.05) is 17.5 Å². The molecule has 146 valence electrons. The molecule has 0 radical (unpaired) electrons. The first-order chi connectivity index (χ1) is 14.1. The topological polar surface area (TPSA) is 83.7 Å². The molecule has 4 heterocycles. The Balaban J connectivity index is 1.57. The molecule has 2 aromatic heterocycles. The summed E-state index contributed by atoms with van der Waals surface area (Å²) in [6, 6.07) is 9.69. The first-order valence-corrected chi connectivity index (χ1v) is 9.93. The van der Waals surface area contributed by atoms with Gasteiger partial charge in [0.05, 0.1) is 17.1 Å². The lowest BCUT2D eigenvalue weighted by atomic mass is 10.2. The Morgan fingerprint density at radius 1 is 1.17 bits per heavy atom. The molecule has 1 aromatic carbocycles. The van der Waals surface area contributed by atoms with Crippen LogP contribution in [0.3, 0.4) is 0 Å². The number of carbonyl (C=O) groups excluding carboxylic acids is 2. The Morgan fingerprint density at radius 3 is 2.86 bits per heavy atom. The number of rotatable bonds is 3. The second-order valence-corrected chi connectivity index (χ2v) is 7.51. The van der Waals surface area contributed by atoms with Crippen molar-refractivity contribution in [1.82, 2.24) is 24.6 Å². The maximum absolute atomic E-state index is 13.8. The quantitative estimate of drug-likeness (QED) is 0.663. The number of halogens is 1. The summed E-state index contributed by atoms with van der Waals surface area (Å²) in [4.78, 5) is 37.8. The molecule has 1 fully saturated rings. The summed E-state index contributed by atoms with van der Waals surface area (Å²) in [6.07, 6.45) is 0.229. The van der Waals surface area contributed by atoms with E-state index in [0.29, 0.717) is 30.6 Å². The number of fused-ring (bicyclic) bond motifs is 1. The number of thiophene rings is 1. The van der Waals surface area contributed by atoms with E-state index in [2.05, 4.69) is 15.1 Å². The van der Waals surface area contributed by atoms with Crippen molar-refractivity contribution >= 4 is 29.1 Å². The van der Waals surface area contributed by atoms with Gasteiger partial charge in [0.15, 0.2) is 5.82 Å². The van der Waals surface area contributed by atoms with Crippen molar-refractivity contribution in [2.24, 2.45) is 4.99 Å². The fraction of sp³-hybridized carbons (Fsp3) is 0.211. The van der Waals surface area contributed by atoms with Crippen LogP contribution in [0.25, 0.3) is 16.4 Å². The Labute approximate surface area is 168 Å². The molecular weight excluding hydrogens is 395 g/mol. The van der Waals surface area contributed by atoms with Gasteiger partial charge in [-0.3, -0.25) is 24.4 Å². The fourth-order valence-corrected chi connectivity index (χ4v) is 4.11. The number of guanidine groups is 1. The number of benzene rings is 1. The third-order valence-corrected chi connectivity index (χ3v) is 5.61. The summed E-state index contributed by atoms with van der Waals surface area (Å²) < 4.78 is 15.2. The molecule has 8 nitrogen and oxygen atoms in total. The third kappa shape index (κ3) is 3.01. The third-order valence-electron chi connectivity index (χ3n) is 4.75. The van der Waals surface area contributed by atoms with Crippen molar-refractivity contribution in [3.8, 4) is 16.4 Å². The van der Waals surface area contributed by atoms with Crippen LogP contribution in [0.1, 0.15) is 17.0 Å². The Bertz CT molecular complexity index is 1140. The molecule has 0 bridgehead atoms. The lowest BCUT2D eigenvalue weighted by Crippen LogP contribution is -2.53. The lowest BCUT2D eigenvalue weighted by Gasteiger charge is -2.32. The van der Waals surface area contributed by atoms with Crippen LogP contribution in [0.2, 0.25) is 0 Å². The van der Waals surface area contributed by atoms with Crippen LogP contribution in [-0.2, 0) is 4.79 Å². The van der Waals surface area contributed by atoms with Gasteiger partial charge in [0.2, 0.25) is 17.7 Å². The van der Waals surface area contributed by atoms with E-state index in [1.165, 1.54) is 38.0 Å². The van der Waals surface area contributed by atoms with E-state index in [4.69, 9.17) is 0 Å². The van der Waals surface area contributed by atoms with Crippen molar-refractivity contribution in [3.63, 3.8) is 0 Å². The molecule has 0 aliphatic carbocycles. The predicted molar refractivity (Wildman–Crippen MR) is 104 cm³/mol. The first-order valence-electron chi connectivity index (χ1n) is 9.05. The second-order valence-electron chi connectivity index (χ2n) is 6.56. The van der Waals surface area contributed by atoms with Crippen molar-refractivity contribution in [3.05, 3.63) is 53.4 Å². The second kappa shape index (κ2) is 6.89. The molecule has 0 atom stereocenters. The predicted octanol–water partition coefficient (Wildman–Crippen LogP) is 2.18. The monoisotopic (exact) mass is 410 g/mol. The molecule has 2 amide bonds. The van der Waals surface area contributed by atoms with E-state index in [-0.39, 0.29) is 24.7 Å². The first kappa shape index (κ1) is 17.7. The van der Waals surface area contributed by atoms with Gasteiger partial charge in [-0.1, -0.05) is 12.1 Å².